The first-order valence-electron chi connectivity index (χ1n) is 9.67. The Labute approximate surface area is 173 Å². The van der Waals surface area contributed by atoms with Crippen LogP contribution in [-0.2, 0) is 4.79 Å². The predicted octanol–water partition coefficient (Wildman–Crippen LogP) is 4.21. The lowest BCUT2D eigenvalue weighted by Gasteiger charge is -2.28. The molecule has 0 bridgehead atoms. The van der Waals surface area contributed by atoms with E-state index in [1.165, 1.54) is 0 Å². The van der Waals surface area contributed by atoms with Crippen LogP contribution in [0.3, 0.4) is 0 Å². The van der Waals surface area contributed by atoms with E-state index in [4.69, 9.17) is 11.6 Å². The second-order valence-electron chi connectivity index (χ2n) is 7.25. The molecule has 6 nitrogen and oxygen atoms in total. The van der Waals surface area contributed by atoms with Crippen LogP contribution in [0, 0.1) is 5.92 Å². The molecule has 0 unspecified atom stereocenters. The van der Waals surface area contributed by atoms with Crippen LogP contribution < -0.4 is 10.6 Å². The van der Waals surface area contributed by atoms with Crippen molar-refractivity contribution in [2.45, 2.75) is 31.7 Å². The molecular formula is C22H21ClN4O2. The molecule has 1 fully saturated rings. The summed E-state index contributed by atoms with van der Waals surface area (Å²) in [6.45, 7) is 0. The molecule has 0 radical (unpaired) electrons. The van der Waals surface area contributed by atoms with Gasteiger partial charge in [0.15, 0.2) is 0 Å². The van der Waals surface area contributed by atoms with E-state index in [0.29, 0.717) is 34.6 Å². The van der Waals surface area contributed by atoms with Gasteiger partial charge >= 0.3 is 0 Å². The lowest BCUT2D eigenvalue weighted by molar-refractivity contribution is -0.120. The summed E-state index contributed by atoms with van der Waals surface area (Å²) >= 11 is 6.08. The van der Waals surface area contributed by atoms with Crippen molar-refractivity contribution >= 4 is 40.0 Å². The van der Waals surface area contributed by atoms with E-state index in [0.717, 1.165) is 18.2 Å². The molecule has 1 aromatic carbocycles. The second kappa shape index (κ2) is 8.57. The number of nitrogens with one attached hydrogen (secondary N) is 2. The highest BCUT2D eigenvalue weighted by Crippen LogP contribution is 2.27. The molecule has 2 heterocycles. The Morgan fingerprint density at radius 2 is 1.79 bits per heavy atom. The highest BCUT2D eigenvalue weighted by Gasteiger charge is 2.28. The Hall–Kier alpha value is -2.99. The zero-order valence-corrected chi connectivity index (χ0v) is 16.5. The van der Waals surface area contributed by atoms with Crippen molar-refractivity contribution in [3.63, 3.8) is 0 Å². The van der Waals surface area contributed by atoms with Gasteiger partial charge in [-0.2, -0.15) is 0 Å². The molecular weight excluding hydrogens is 388 g/mol. The van der Waals surface area contributed by atoms with E-state index in [2.05, 4.69) is 20.6 Å². The summed E-state index contributed by atoms with van der Waals surface area (Å²) in [5, 5.41) is 7.37. The fourth-order valence-corrected chi connectivity index (χ4v) is 3.91. The maximum Gasteiger partial charge on any atom is 0.253 e. The molecule has 0 aliphatic heterocycles. The summed E-state index contributed by atoms with van der Waals surface area (Å²) in [5.74, 6) is -0.272. The quantitative estimate of drug-likeness (QED) is 0.677. The van der Waals surface area contributed by atoms with Gasteiger partial charge in [-0.15, -0.1) is 0 Å². The molecule has 3 aromatic rings. The SMILES string of the molecule is O=C(NC1CCC(C(=O)Nc2cnccc2Cl)CC1)c1cccc2cccnc12. The Morgan fingerprint density at radius 3 is 2.59 bits per heavy atom. The van der Waals surface area contributed by atoms with E-state index in [1.54, 1.807) is 30.7 Å². The lowest BCUT2D eigenvalue weighted by atomic mass is 9.85. The minimum Gasteiger partial charge on any atom is -0.349 e. The van der Waals surface area contributed by atoms with Gasteiger partial charge in [0.25, 0.3) is 5.91 Å². The fourth-order valence-electron chi connectivity index (χ4n) is 3.75. The van der Waals surface area contributed by atoms with Gasteiger partial charge < -0.3 is 10.6 Å². The van der Waals surface area contributed by atoms with Crippen LogP contribution in [0.2, 0.25) is 5.02 Å². The number of amides is 2. The van der Waals surface area contributed by atoms with Gasteiger partial charge in [-0.3, -0.25) is 19.6 Å². The number of pyridine rings is 2. The number of fused-ring (bicyclic) bond motifs is 1. The lowest BCUT2D eigenvalue weighted by Crippen LogP contribution is -2.39. The van der Waals surface area contributed by atoms with Crippen LogP contribution >= 0.6 is 11.6 Å². The van der Waals surface area contributed by atoms with Crippen molar-refractivity contribution in [3.05, 3.63) is 65.6 Å². The topological polar surface area (TPSA) is 84.0 Å². The minimum absolute atomic E-state index is 0.0486. The molecule has 7 heteroatoms. The molecule has 2 aromatic heterocycles. The second-order valence-corrected chi connectivity index (χ2v) is 7.65. The van der Waals surface area contributed by atoms with Gasteiger partial charge in [0.2, 0.25) is 5.91 Å². The Kier molecular flexibility index (Phi) is 5.71. The fraction of sp³-hybridized carbons (Fsp3) is 0.273. The van der Waals surface area contributed by atoms with Crippen LogP contribution in [0.1, 0.15) is 36.0 Å². The largest absolute Gasteiger partial charge is 0.349 e. The van der Waals surface area contributed by atoms with E-state index < -0.39 is 0 Å². The Bertz CT molecular complexity index is 1040. The smallest absolute Gasteiger partial charge is 0.253 e. The summed E-state index contributed by atoms with van der Waals surface area (Å²) in [6, 6.07) is 11.1. The molecule has 148 valence electrons. The molecule has 1 saturated carbocycles. The number of benzene rings is 1. The normalized spacial score (nSPS) is 18.9. The van der Waals surface area contributed by atoms with E-state index in [-0.39, 0.29) is 23.8 Å². The first-order chi connectivity index (χ1) is 14.1. The van der Waals surface area contributed by atoms with Crippen LogP contribution in [0.25, 0.3) is 10.9 Å². The molecule has 0 atom stereocenters. The third kappa shape index (κ3) is 4.38. The zero-order chi connectivity index (χ0) is 20.2. The van der Waals surface area contributed by atoms with E-state index in [1.807, 2.05) is 24.3 Å². The summed E-state index contributed by atoms with van der Waals surface area (Å²) in [6.07, 6.45) is 7.75. The molecule has 1 aliphatic carbocycles. The number of anilines is 1. The van der Waals surface area contributed by atoms with Crippen molar-refractivity contribution < 1.29 is 9.59 Å². The maximum atomic E-state index is 12.8. The average molecular weight is 409 g/mol. The van der Waals surface area contributed by atoms with Gasteiger partial charge in [-0.05, 0) is 43.9 Å². The first kappa shape index (κ1) is 19.3. The third-order valence-corrected chi connectivity index (χ3v) is 5.67. The summed E-state index contributed by atoms with van der Waals surface area (Å²) in [5.41, 5.74) is 1.81. The summed E-state index contributed by atoms with van der Waals surface area (Å²) < 4.78 is 0. The minimum atomic E-state index is -0.121. The molecule has 1 aliphatic rings. The zero-order valence-electron chi connectivity index (χ0n) is 15.8. The number of carbonyl (C=O) groups is 2. The highest BCUT2D eigenvalue weighted by molar-refractivity contribution is 6.33. The number of carbonyl (C=O) groups excluding carboxylic acids is 2. The molecule has 2 N–H and O–H groups in total. The number of nitrogens with zero attached hydrogens (tertiary/aromatic N) is 2. The average Bonchev–Trinajstić information content (AvgIpc) is 2.75. The molecule has 2 amide bonds. The van der Waals surface area contributed by atoms with Gasteiger partial charge in [-0.1, -0.05) is 29.8 Å². The number of hydrogen-bond donors (Lipinski definition) is 2. The van der Waals surface area contributed by atoms with Crippen molar-refractivity contribution in [3.8, 4) is 0 Å². The summed E-state index contributed by atoms with van der Waals surface area (Å²) in [7, 11) is 0. The van der Waals surface area contributed by atoms with E-state index in [9.17, 15) is 9.59 Å². The highest BCUT2D eigenvalue weighted by atomic mass is 35.5. The first-order valence-corrected chi connectivity index (χ1v) is 10.0. The van der Waals surface area contributed by atoms with Gasteiger partial charge in [0, 0.05) is 29.7 Å². The monoisotopic (exact) mass is 408 g/mol. The number of aromatic nitrogens is 2. The Balaban J connectivity index is 1.34. The standard InChI is InChI=1S/C22H21ClN4O2/c23-18-10-12-24-13-19(18)27-21(28)15-6-8-16(9-7-15)26-22(29)17-5-1-3-14-4-2-11-25-20(14)17/h1-5,10-13,15-16H,6-9H2,(H,26,29)(H,27,28). The van der Waals surface area contributed by atoms with Crippen LogP contribution in [-0.4, -0.2) is 27.8 Å². The number of halogens is 1. The third-order valence-electron chi connectivity index (χ3n) is 5.34. The van der Waals surface area contributed by atoms with Crippen molar-refractivity contribution in [2.75, 3.05) is 5.32 Å². The molecule has 29 heavy (non-hydrogen) atoms. The van der Waals surface area contributed by atoms with Crippen LogP contribution in [0.15, 0.2) is 55.0 Å². The van der Waals surface area contributed by atoms with Crippen molar-refractivity contribution in [1.29, 1.82) is 0 Å². The summed E-state index contributed by atoms with van der Waals surface area (Å²) in [4.78, 5) is 33.6. The van der Waals surface area contributed by atoms with Crippen LogP contribution in [0.4, 0.5) is 5.69 Å². The number of hydrogen-bond acceptors (Lipinski definition) is 4. The van der Waals surface area contributed by atoms with Gasteiger partial charge in [-0.25, -0.2) is 0 Å². The van der Waals surface area contributed by atoms with Crippen molar-refractivity contribution in [1.82, 2.24) is 15.3 Å². The van der Waals surface area contributed by atoms with Gasteiger partial charge in [0.05, 0.1) is 28.0 Å². The van der Waals surface area contributed by atoms with Crippen LogP contribution in [0.5, 0.6) is 0 Å². The number of rotatable bonds is 4. The number of para-hydroxylation sites is 1. The van der Waals surface area contributed by atoms with Gasteiger partial charge in [0.1, 0.15) is 0 Å². The van der Waals surface area contributed by atoms with E-state index >= 15 is 0 Å². The molecule has 0 spiro atoms. The Morgan fingerprint density at radius 1 is 1.00 bits per heavy atom. The maximum absolute atomic E-state index is 12.8. The molecule has 0 saturated heterocycles. The predicted molar refractivity (Wildman–Crippen MR) is 113 cm³/mol. The van der Waals surface area contributed by atoms with Crippen molar-refractivity contribution in [2.24, 2.45) is 5.92 Å². The molecule has 4 rings (SSSR count).